The zero-order valence-electron chi connectivity index (χ0n) is 16.1. The molecule has 7 nitrogen and oxygen atoms in total. The number of sulfonamides is 1. The van der Waals surface area contributed by atoms with Crippen LogP contribution in [0.3, 0.4) is 0 Å². The molecule has 1 aliphatic heterocycles. The van der Waals surface area contributed by atoms with Crippen molar-refractivity contribution < 1.29 is 22.7 Å². The highest BCUT2D eigenvalue weighted by molar-refractivity contribution is 7.89. The van der Waals surface area contributed by atoms with Gasteiger partial charge in [0.05, 0.1) is 24.2 Å². The second-order valence-corrected chi connectivity index (χ2v) is 8.45. The summed E-state index contributed by atoms with van der Waals surface area (Å²) in [6.45, 7) is 3.97. The van der Waals surface area contributed by atoms with Crippen LogP contribution in [0.25, 0.3) is 0 Å². The average molecular weight is 404 g/mol. The van der Waals surface area contributed by atoms with Gasteiger partial charge in [0, 0.05) is 13.5 Å². The molecule has 28 heavy (non-hydrogen) atoms. The van der Waals surface area contributed by atoms with Crippen LogP contribution < -0.4 is 19.1 Å². The number of nitrogens with zero attached hydrogens (tertiary/aromatic N) is 1. The quantitative estimate of drug-likeness (QED) is 0.799. The minimum atomic E-state index is -3.71. The molecule has 3 rings (SSSR count). The minimum Gasteiger partial charge on any atom is -0.497 e. The van der Waals surface area contributed by atoms with E-state index in [1.807, 2.05) is 31.2 Å². The monoisotopic (exact) mass is 404 g/mol. The lowest BCUT2D eigenvalue weighted by molar-refractivity contribution is -0.117. The number of anilines is 1. The molecule has 1 unspecified atom stereocenters. The summed E-state index contributed by atoms with van der Waals surface area (Å²) >= 11 is 0. The largest absolute Gasteiger partial charge is 0.497 e. The van der Waals surface area contributed by atoms with Crippen LogP contribution >= 0.6 is 0 Å². The number of hydrogen-bond acceptors (Lipinski definition) is 5. The molecule has 2 aromatic carbocycles. The van der Waals surface area contributed by atoms with Crippen LogP contribution in [0.1, 0.15) is 19.4 Å². The van der Waals surface area contributed by atoms with Gasteiger partial charge in [-0.25, -0.2) is 13.1 Å². The predicted molar refractivity (Wildman–Crippen MR) is 106 cm³/mol. The van der Waals surface area contributed by atoms with E-state index in [-0.39, 0.29) is 23.5 Å². The summed E-state index contributed by atoms with van der Waals surface area (Å²) in [6, 6.07) is 12.0. The Bertz CT molecular complexity index is 957. The van der Waals surface area contributed by atoms with E-state index >= 15 is 0 Å². The van der Waals surface area contributed by atoms with Crippen molar-refractivity contribution in [3.63, 3.8) is 0 Å². The van der Waals surface area contributed by atoms with Crippen LogP contribution in [0.15, 0.2) is 47.4 Å². The first-order valence-electron chi connectivity index (χ1n) is 9.01. The zero-order valence-corrected chi connectivity index (χ0v) is 17.0. The molecule has 0 saturated heterocycles. The Morgan fingerprint density at radius 2 is 1.96 bits per heavy atom. The summed E-state index contributed by atoms with van der Waals surface area (Å²) in [5, 5.41) is 0. The van der Waals surface area contributed by atoms with E-state index in [1.54, 1.807) is 18.1 Å². The molecule has 150 valence electrons. The van der Waals surface area contributed by atoms with Crippen LogP contribution in [-0.2, 0) is 21.2 Å². The molecule has 1 amide bonds. The second kappa shape index (κ2) is 8.20. The van der Waals surface area contributed by atoms with Gasteiger partial charge < -0.3 is 14.4 Å². The lowest BCUT2D eigenvalue weighted by atomic mass is 10.1. The smallest absolute Gasteiger partial charge is 0.240 e. The van der Waals surface area contributed by atoms with Gasteiger partial charge in [-0.2, -0.15) is 0 Å². The molecule has 0 spiro atoms. The van der Waals surface area contributed by atoms with Crippen LogP contribution in [-0.4, -0.2) is 40.6 Å². The van der Waals surface area contributed by atoms with Crippen molar-refractivity contribution >= 4 is 21.6 Å². The third kappa shape index (κ3) is 4.45. The Hall–Kier alpha value is -2.58. The van der Waals surface area contributed by atoms with Crippen molar-refractivity contribution in [1.29, 1.82) is 0 Å². The fourth-order valence-electron chi connectivity index (χ4n) is 3.09. The first-order valence-corrected chi connectivity index (χ1v) is 10.5. The highest BCUT2D eigenvalue weighted by atomic mass is 32.2. The highest BCUT2D eigenvalue weighted by Crippen LogP contribution is 2.35. The van der Waals surface area contributed by atoms with Crippen molar-refractivity contribution in [2.24, 2.45) is 0 Å². The van der Waals surface area contributed by atoms with E-state index < -0.39 is 10.0 Å². The van der Waals surface area contributed by atoms with Gasteiger partial charge in [0.15, 0.2) is 0 Å². The van der Waals surface area contributed by atoms with E-state index in [2.05, 4.69) is 4.72 Å². The van der Waals surface area contributed by atoms with Crippen molar-refractivity contribution in [1.82, 2.24) is 4.72 Å². The van der Waals surface area contributed by atoms with Gasteiger partial charge in [-0.1, -0.05) is 12.1 Å². The molecule has 0 bridgehead atoms. The summed E-state index contributed by atoms with van der Waals surface area (Å²) in [4.78, 5) is 13.6. The fourth-order valence-corrected chi connectivity index (χ4v) is 4.14. The van der Waals surface area contributed by atoms with Gasteiger partial charge in [0.1, 0.15) is 17.6 Å². The van der Waals surface area contributed by atoms with Gasteiger partial charge in [-0.05, 0) is 49.2 Å². The van der Waals surface area contributed by atoms with Gasteiger partial charge >= 0.3 is 0 Å². The molecule has 8 heteroatoms. The molecule has 2 aromatic rings. The third-order valence-electron chi connectivity index (χ3n) is 4.54. The fraction of sp³-hybridized carbons (Fsp3) is 0.350. The molecular formula is C20H24N2O5S. The molecule has 1 aliphatic rings. The Morgan fingerprint density at radius 1 is 1.25 bits per heavy atom. The number of rotatable bonds is 6. The minimum absolute atomic E-state index is 0.102. The summed E-state index contributed by atoms with van der Waals surface area (Å²) < 4.78 is 38.8. The number of benzene rings is 2. The maximum absolute atomic E-state index is 12.7. The van der Waals surface area contributed by atoms with Crippen molar-refractivity contribution in [2.45, 2.75) is 31.3 Å². The summed E-state index contributed by atoms with van der Waals surface area (Å²) in [7, 11) is -2.11. The standard InChI is InChI=1S/C20H24N2O5S/c1-14-13-22(15(2)23)19-12-18(8-9-20(19)27-14)28(24,25)21-11-10-16-4-6-17(26-3)7-5-16/h4-9,12,14,21H,10-11,13H2,1-3H3. The van der Waals surface area contributed by atoms with Gasteiger partial charge in [-0.15, -0.1) is 0 Å². The number of methoxy groups -OCH3 is 1. The topological polar surface area (TPSA) is 84.9 Å². The maximum atomic E-state index is 12.7. The SMILES string of the molecule is COc1ccc(CCNS(=O)(=O)c2ccc3c(c2)N(C(C)=O)CC(C)O3)cc1. The van der Waals surface area contributed by atoms with E-state index in [1.165, 1.54) is 19.1 Å². The molecule has 0 saturated carbocycles. The van der Waals surface area contributed by atoms with Crippen molar-refractivity contribution in [3.05, 3.63) is 48.0 Å². The zero-order chi connectivity index (χ0) is 20.3. The number of carbonyl (C=O) groups excluding carboxylic acids is 1. The van der Waals surface area contributed by atoms with Crippen LogP contribution in [0.5, 0.6) is 11.5 Å². The first-order chi connectivity index (χ1) is 13.3. The van der Waals surface area contributed by atoms with E-state index in [9.17, 15) is 13.2 Å². The molecular weight excluding hydrogens is 380 g/mol. The molecule has 1 atom stereocenters. The third-order valence-corrected chi connectivity index (χ3v) is 6.00. The van der Waals surface area contributed by atoms with E-state index in [4.69, 9.17) is 9.47 Å². The molecule has 0 aliphatic carbocycles. The first kappa shape index (κ1) is 20.2. The molecule has 0 radical (unpaired) electrons. The summed E-state index contributed by atoms with van der Waals surface area (Å²) in [5.74, 6) is 1.11. The van der Waals surface area contributed by atoms with Gasteiger partial charge in [-0.3, -0.25) is 4.79 Å². The number of amides is 1. The lowest BCUT2D eigenvalue weighted by Gasteiger charge is -2.33. The van der Waals surface area contributed by atoms with Crippen molar-refractivity contribution in [2.75, 3.05) is 25.1 Å². The van der Waals surface area contributed by atoms with Crippen LogP contribution in [0.2, 0.25) is 0 Å². The Kier molecular flexibility index (Phi) is 5.90. The molecule has 1 N–H and O–H groups in total. The average Bonchev–Trinajstić information content (AvgIpc) is 2.67. The molecule has 0 aromatic heterocycles. The number of hydrogen-bond donors (Lipinski definition) is 1. The predicted octanol–water partition coefficient (Wildman–Crippen LogP) is 2.35. The Labute approximate surface area is 165 Å². The van der Waals surface area contributed by atoms with Crippen LogP contribution in [0.4, 0.5) is 5.69 Å². The summed E-state index contributed by atoms with van der Waals surface area (Å²) in [6.07, 6.45) is 0.399. The highest BCUT2D eigenvalue weighted by Gasteiger charge is 2.27. The van der Waals surface area contributed by atoms with Gasteiger partial charge in [0.25, 0.3) is 0 Å². The lowest BCUT2D eigenvalue weighted by Crippen LogP contribution is -2.41. The van der Waals surface area contributed by atoms with E-state index in [0.717, 1.165) is 11.3 Å². The number of fused-ring (bicyclic) bond motifs is 1. The number of nitrogens with one attached hydrogen (secondary N) is 1. The number of ether oxygens (including phenoxy) is 2. The Balaban J connectivity index is 1.73. The van der Waals surface area contributed by atoms with Gasteiger partial charge in [0.2, 0.25) is 15.9 Å². The summed E-state index contributed by atoms with van der Waals surface area (Å²) in [5.41, 5.74) is 1.47. The second-order valence-electron chi connectivity index (χ2n) is 6.68. The van der Waals surface area contributed by atoms with Crippen LogP contribution in [0, 0.1) is 0 Å². The Morgan fingerprint density at radius 3 is 2.61 bits per heavy atom. The number of carbonyl (C=O) groups is 1. The normalized spacial score (nSPS) is 16.2. The molecule has 0 fully saturated rings. The maximum Gasteiger partial charge on any atom is 0.240 e. The molecule has 1 heterocycles. The van der Waals surface area contributed by atoms with E-state index in [0.29, 0.717) is 24.4 Å². The van der Waals surface area contributed by atoms with Crippen molar-refractivity contribution in [3.8, 4) is 11.5 Å².